The highest BCUT2D eigenvalue weighted by atomic mass is 35.5. The van der Waals surface area contributed by atoms with E-state index < -0.39 is 0 Å². The third kappa shape index (κ3) is 5.49. The van der Waals surface area contributed by atoms with Crippen LogP contribution in [0.25, 0.3) is 0 Å². The summed E-state index contributed by atoms with van der Waals surface area (Å²) in [6.07, 6.45) is 1.49. The van der Waals surface area contributed by atoms with Crippen molar-refractivity contribution >= 4 is 51.6 Å². The van der Waals surface area contributed by atoms with Crippen molar-refractivity contribution in [2.75, 3.05) is 16.4 Å². The Bertz CT molecular complexity index is 602. The number of nitrogens with one attached hydrogen (secondary N) is 2. The highest BCUT2D eigenvalue weighted by Crippen LogP contribution is 2.25. The van der Waals surface area contributed by atoms with E-state index in [2.05, 4.69) is 25.8 Å². The van der Waals surface area contributed by atoms with E-state index in [1.54, 1.807) is 12.1 Å². The van der Waals surface area contributed by atoms with Crippen LogP contribution in [-0.2, 0) is 4.79 Å². The van der Waals surface area contributed by atoms with Crippen molar-refractivity contribution in [2.45, 2.75) is 24.2 Å². The minimum Gasteiger partial charge on any atom is -0.358 e. The molecule has 0 spiro atoms. The number of aromatic nitrogens is 3. The highest BCUT2D eigenvalue weighted by molar-refractivity contribution is 8.01. The Balaban J connectivity index is 1.81. The summed E-state index contributed by atoms with van der Waals surface area (Å²) in [5.74, 6) is 0.577. The monoisotopic (exact) mass is 343 g/mol. The second-order valence-electron chi connectivity index (χ2n) is 4.37. The van der Waals surface area contributed by atoms with Gasteiger partial charge in [-0.3, -0.25) is 4.79 Å². The lowest BCUT2D eigenvalue weighted by atomic mass is 10.4. The van der Waals surface area contributed by atoms with E-state index in [1.165, 1.54) is 29.3 Å². The minimum atomic E-state index is -0.150. The third-order valence-corrected chi connectivity index (χ3v) is 4.35. The van der Waals surface area contributed by atoms with Crippen LogP contribution in [-0.4, -0.2) is 32.9 Å². The number of hydrogen-bond donors (Lipinski definition) is 2. The highest BCUT2D eigenvalue weighted by Gasteiger charge is 2.09. The molecule has 0 aliphatic rings. The van der Waals surface area contributed by atoms with Gasteiger partial charge >= 0.3 is 0 Å². The van der Waals surface area contributed by atoms with Gasteiger partial charge in [-0.05, 0) is 26.0 Å². The molecule has 6 nitrogen and oxygen atoms in total. The van der Waals surface area contributed by atoms with Crippen LogP contribution in [0.1, 0.15) is 13.8 Å². The van der Waals surface area contributed by atoms with Gasteiger partial charge in [0.05, 0.1) is 10.8 Å². The Labute approximate surface area is 135 Å². The molecule has 112 valence electrons. The Kier molecular flexibility index (Phi) is 5.77. The molecule has 0 aliphatic carbocycles. The molecule has 0 fully saturated rings. The number of nitrogens with zero attached hydrogens (tertiary/aromatic N) is 3. The molecule has 2 aromatic rings. The van der Waals surface area contributed by atoms with Gasteiger partial charge in [0.2, 0.25) is 11.0 Å². The van der Waals surface area contributed by atoms with Crippen LogP contribution in [0.3, 0.4) is 0 Å². The fourth-order valence-corrected chi connectivity index (χ4v) is 3.14. The molecule has 9 heteroatoms. The number of hydrogen-bond acceptors (Lipinski definition) is 7. The molecular weight excluding hydrogens is 330 g/mol. The topological polar surface area (TPSA) is 79.8 Å². The van der Waals surface area contributed by atoms with Gasteiger partial charge in [0.25, 0.3) is 0 Å². The molecule has 0 bridgehead atoms. The standard InChI is InChI=1S/C12H14ClN5OS2/c1-7(2)15-11-17-18-12(21-11)20-6-10(19)16-9-4-3-8(13)5-14-9/h3-5,7H,6H2,1-2H3,(H,15,17)(H,14,16,19). The molecule has 0 aromatic carbocycles. The van der Waals surface area contributed by atoms with Crippen molar-refractivity contribution in [3.63, 3.8) is 0 Å². The number of pyridine rings is 1. The molecule has 21 heavy (non-hydrogen) atoms. The molecule has 0 radical (unpaired) electrons. The normalized spacial score (nSPS) is 10.7. The molecule has 0 saturated carbocycles. The smallest absolute Gasteiger partial charge is 0.235 e. The average molecular weight is 344 g/mol. The molecule has 1 amide bonds. The number of amides is 1. The molecule has 0 aliphatic heterocycles. The van der Waals surface area contributed by atoms with Gasteiger partial charge < -0.3 is 10.6 Å². The minimum absolute atomic E-state index is 0.150. The molecule has 0 atom stereocenters. The molecule has 2 rings (SSSR count). The number of carbonyl (C=O) groups excluding carboxylic acids is 1. The summed E-state index contributed by atoms with van der Waals surface area (Å²) in [7, 11) is 0. The molecule has 2 aromatic heterocycles. The molecule has 2 N–H and O–H groups in total. The van der Waals surface area contributed by atoms with Crippen LogP contribution >= 0.6 is 34.7 Å². The Morgan fingerprint density at radius 2 is 2.24 bits per heavy atom. The lowest BCUT2D eigenvalue weighted by Crippen LogP contribution is -2.14. The Morgan fingerprint density at radius 3 is 2.90 bits per heavy atom. The number of thioether (sulfide) groups is 1. The molecule has 2 heterocycles. The summed E-state index contributed by atoms with van der Waals surface area (Å²) in [5, 5.41) is 15.2. The zero-order valence-corrected chi connectivity index (χ0v) is 13.8. The van der Waals surface area contributed by atoms with Crippen LogP contribution in [0.5, 0.6) is 0 Å². The van der Waals surface area contributed by atoms with Gasteiger partial charge in [0.1, 0.15) is 5.82 Å². The first kappa shape index (κ1) is 16.0. The summed E-state index contributed by atoms with van der Waals surface area (Å²) in [6, 6.07) is 3.63. The number of rotatable bonds is 6. The second-order valence-corrected chi connectivity index (χ2v) is 7.01. The Morgan fingerprint density at radius 1 is 1.43 bits per heavy atom. The lowest BCUT2D eigenvalue weighted by Gasteiger charge is -2.03. The van der Waals surface area contributed by atoms with Crippen molar-refractivity contribution in [1.29, 1.82) is 0 Å². The first-order chi connectivity index (χ1) is 10.0. The largest absolute Gasteiger partial charge is 0.358 e. The maximum atomic E-state index is 11.8. The summed E-state index contributed by atoms with van der Waals surface area (Å²) in [4.78, 5) is 15.8. The maximum absolute atomic E-state index is 11.8. The second kappa shape index (κ2) is 7.58. The number of halogens is 1. The van der Waals surface area contributed by atoms with E-state index in [-0.39, 0.29) is 11.7 Å². The summed E-state index contributed by atoms with van der Waals surface area (Å²) >= 11 is 8.49. The van der Waals surface area contributed by atoms with Gasteiger partial charge in [-0.2, -0.15) is 0 Å². The number of anilines is 2. The van der Waals surface area contributed by atoms with Gasteiger partial charge in [-0.15, -0.1) is 10.2 Å². The van der Waals surface area contributed by atoms with Crippen molar-refractivity contribution in [3.8, 4) is 0 Å². The van der Waals surface area contributed by atoms with Crippen LogP contribution in [0.15, 0.2) is 22.7 Å². The summed E-state index contributed by atoms with van der Waals surface area (Å²) in [6.45, 7) is 4.06. The van der Waals surface area contributed by atoms with E-state index >= 15 is 0 Å². The van der Waals surface area contributed by atoms with Crippen LogP contribution in [0.4, 0.5) is 10.9 Å². The van der Waals surface area contributed by atoms with E-state index in [0.717, 1.165) is 9.47 Å². The van der Waals surface area contributed by atoms with E-state index in [4.69, 9.17) is 11.6 Å². The molecule has 0 unspecified atom stereocenters. The van der Waals surface area contributed by atoms with Crippen molar-refractivity contribution in [1.82, 2.24) is 15.2 Å². The Hall–Kier alpha value is -1.38. The van der Waals surface area contributed by atoms with Gasteiger partial charge in [0.15, 0.2) is 4.34 Å². The predicted molar refractivity (Wildman–Crippen MR) is 87.3 cm³/mol. The fraction of sp³-hybridized carbons (Fsp3) is 0.333. The average Bonchev–Trinajstić information content (AvgIpc) is 2.86. The third-order valence-electron chi connectivity index (χ3n) is 2.14. The SMILES string of the molecule is CC(C)Nc1nnc(SCC(=O)Nc2ccc(Cl)cn2)s1. The van der Waals surface area contributed by atoms with Crippen molar-refractivity contribution in [2.24, 2.45) is 0 Å². The van der Waals surface area contributed by atoms with Gasteiger partial charge in [0, 0.05) is 12.2 Å². The van der Waals surface area contributed by atoms with Gasteiger partial charge in [-0.1, -0.05) is 34.7 Å². The van der Waals surface area contributed by atoms with Crippen LogP contribution in [0.2, 0.25) is 5.02 Å². The van der Waals surface area contributed by atoms with Crippen LogP contribution in [0, 0.1) is 0 Å². The first-order valence-corrected chi connectivity index (χ1v) is 8.35. The van der Waals surface area contributed by atoms with Gasteiger partial charge in [-0.25, -0.2) is 4.98 Å². The quantitative estimate of drug-likeness (QED) is 0.784. The summed E-state index contributed by atoms with van der Waals surface area (Å²) < 4.78 is 0.748. The lowest BCUT2D eigenvalue weighted by molar-refractivity contribution is -0.113. The zero-order valence-electron chi connectivity index (χ0n) is 11.5. The first-order valence-electron chi connectivity index (χ1n) is 6.17. The van der Waals surface area contributed by atoms with E-state index in [9.17, 15) is 4.79 Å². The fourth-order valence-electron chi connectivity index (χ4n) is 1.33. The zero-order chi connectivity index (χ0) is 15.2. The predicted octanol–water partition coefficient (Wildman–Crippen LogP) is 3.14. The van der Waals surface area contributed by atoms with Crippen molar-refractivity contribution in [3.05, 3.63) is 23.4 Å². The van der Waals surface area contributed by atoms with E-state index in [0.29, 0.717) is 16.9 Å². The van der Waals surface area contributed by atoms with E-state index in [1.807, 2.05) is 13.8 Å². The van der Waals surface area contributed by atoms with Crippen molar-refractivity contribution < 1.29 is 4.79 Å². The summed E-state index contributed by atoms with van der Waals surface area (Å²) in [5.41, 5.74) is 0. The molecule has 0 saturated heterocycles. The molecular formula is C12H14ClN5OS2. The number of carbonyl (C=O) groups is 1. The maximum Gasteiger partial charge on any atom is 0.235 e. The van der Waals surface area contributed by atoms with Crippen LogP contribution < -0.4 is 10.6 Å².